The Bertz CT molecular complexity index is 596. The van der Waals surface area contributed by atoms with Crippen molar-refractivity contribution in [2.45, 2.75) is 18.2 Å². The maximum absolute atomic E-state index is 12.2. The second kappa shape index (κ2) is 7.96. The summed E-state index contributed by atoms with van der Waals surface area (Å²) in [5.41, 5.74) is 3.66. The fourth-order valence-corrected chi connectivity index (χ4v) is 2.41. The molecule has 0 aliphatic rings. The number of carbonyl (C=O) groups excluding carboxylic acids is 1. The monoisotopic (exact) mass is 347 g/mol. The highest BCUT2D eigenvalue weighted by molar-refractivity contribution is 9.08. The summed E-state index contributed by atoms with van der Waals surface area (Å²) in [4.78, 5) is 12.2. The van der Waals surface area contributed by atoms with Crippen molar-refractivity contribution in [2.75, 3.05) is 11.9 Å². The summed E-state index contributed by atoms with van der Waals surface area (Å²) in [5, 5.41) is 12.5. The Labute approximate surface area is 133 Å². The van der Waals surface area contributed by atoms with Crippen molar-refractivity contribution in [2.24, 2.45) is 0 Å². The number of halogens is 1. The first-order chi connectivity index (χ1) is 10.2. The van der Waals surface area contributed by atoms with Gasteiger partial charge in [-0.1, -0.05) is 40.2 Å². The summed E-state index contributed by atoms with van der Waals surface area (Å²) in [5.74, 6) is -0.115. The van der Waals surface area contributed by atoms with Crippen molar-refractivity contribution in [3.8, 4) is 0 Å². The Morgan fingerprint density at radius 2 is 1.86 bits per heavy atom. The summed E-state index contributed by atoms with van der Waals surface area (Å²) >= 11 is 3.38. The Morgan fingerprint density at radius 1 is 1.10 bits per heavy atom. The van der Waals surface area contributed by atoms with Gasteiger partial charge in [-0.2, -0.15) is 0 Å². The SMILES string of the molecule is O=C(Nc1cccc(CCCO)c1)c1ccc(CBr)cc1. The Balaban J connectivity index is 2.04. The molecule has 2 rings (SSSR count). The zero-order valence-electron chi connectivity index (χ0n) is 11.7. The van der Waals surface area contributed by atoms with Crippen LogP contribution in [0.4, 0.5) is 5.69 Å². The molecule has 0 saturated carbocycles. The van der Waals surface area contributed by atoms with Gasteiger partial charge in [0.2, 0.25) is 0 Å². The van der Waals surface area contributed by atoms with E-state index in [-0.39, 0.29) is 12.5 Å². The number of nitrogens with one attached hydrogen (secondary N) is 1. The predicted molar refractivity (Wildman–Crippen MR) is 88.9 cm³/mol. The summed E-state index contributed by atoms with van der Waals surface area (Å²) in [6.45, 7) is 0.177. The maximum atomic E-state index is 12.2. The van der Waals surface area contributed by atoms with Gasteiger partial charge < -0.3 is 10.4 Å². The van der Waals surface area contributed by atoms with Crippen molar-refractivity contribution in [3.63, 3.8) is 0 Å². The quantitative estimate of drug-likeness (QED) is 0.781. The summed E-state index contributed by atoms with van der Waals surface area (Å²) < 4.78 is 0. The highest BCUT2D eigenvalue weighted by Crippen LogP contribution is 2.14. The van der Waals surface area contributed by atoms with Crippen LogP contribution >= 0.6 is 15.9 Å². The number of rotatable bonds is 6. The molecule has 110 valence electrons. The van der Waals surface area contributed by atoms with Gasteiger partial charge in [-0.15, -0.1) is 0 Å². The first-order valence-corrected chi connectivity index (χ1v) is 8.01. The molecule has 0 radical (unpaired) electrons. The molecule has 0 heterocycles. The molecule has 2 aromatic carbocycles. The van der Waals surface area contributed by atoms with Crippen molar-refractivity contribution in [3.05, 3.63) is 65.2 Å². The van der Waals surface area contributed by atoms with Gasteiger partial charge in [0.15, 0.2) is 0 Å². The lowest BCUT2D eigenvalue weighted by molar-refractivity contribution is 0.102. The van der Waals surface area contributed by atoms with Crippen LogP contribution in [0.5, 0.6) is 0 Å². The minimum Gasteiger partial charge on any atom is -0.396 e. The van der Waals surface area contributed by atoms with E-state index in [9.17, 15) is 4.79 Å². The van der Waals surface area contributed by atoms with Crippen LogP contribution in [0.15, 0.2) is 48.5 Å². The van der Waals surface area contributed by atoms with E-state index in [0.717, 1.165) is 35.0 Å². The summed E-state index contributed by atoms with van der Waals surface area (Å²) in [6, 6.07) is 15.2. The van der Waals surface area contributed by atoms with E-state index in [0.29, 0.717) is 5.56 Å². The molecule has 0 atom stereocenters. The lowest BCUT2D eigenvalue weighted by atomic mass is 10.1. The molecular formula is C17H18BrNO2. The number of carbonyl (C=O) groups is 1. The van der Waals surface area contributed by atoms with Crippen LogP contribution in [0.1, 0.15) is 27.9 Å². The summed E-state index contributed by atoms with van der Waals surface area (Å²) in [6.07, 6.45) is 1.53. The molecule has 1 amide bonds. The second-order valence-electron chi connectivity index (χ2n) is 4.81. The first-order valence-electron chi connectivity index (χ1n) is 6.89. The van der Waals surface area contributed by atoms with Crippen LogP contribution in [-0.2, 0) is 11.8 Å². The standard InChI is InChI=1S/C17H18BrNO2/c18-12-14-6-8-15(9-7-14)17(21)19-16-5-1-3-13(11-16)4-2-10-20/h1,3,5-9,11,20H,2,4,10,12H2,(H,19,21). The molecule has 0 spiro atoms. The molecular weight excluding hydrogens is 330 g/mol. The van der Waals surface area contributed by atoms with Crippen LogP contribution in [-0.4, -0.2) is 17.6 Å². The molecule has 0 aromatic heterocycles. The number of amides is 1. The number of aliphatic hydroxyl groups is 1. The van der Waals surface area contributed by atoms with E-state index in [4.69, 9.17) is 5.11 Å². The Hall–Kier alpha value is -1.65. The number of hydrogen-bond acceptors (Lipinski definition) is 2. The molecule has 4 heteroatoms. The van der Waals surface area contributed by atoms with E-state index in [2.05, 4.69) is 21.2 Å². The lowest BCUT2D eigenvalue weighted by Crippen LogP contribution is -2.12. The number of benzene rings is 2. The molecule has 0 aliphatic carbocycles. The van der Waals surface area contributed by atoms with Gasteiger partial charge in [-0.3, -0.25) is 4.79 Å². The topological polar surface area (TPSA) is 49.3 Å². The van der Waals surface area contributed by atoms with Gasteiger partial charge in [-0.25, -0.2) is 0 Å². The average molecular weight is 348 g/mol. The van der Waals surface area contributed by atoms with Crippen molar-refractivity contribution < 1.29 is 9.90 Å². The first kappa shape index (κ1) is 15.7. The molecule has 0 unspecified atom stereocenters. The molecule has 2 aromatic rings. The minimum absolute atomic E-state index is 0.115. The fourth-order valence-electron chi connectivity index (χ4n) is 2.04. The smallest absolute Gasteiger partial charge is 0.255 e. The Kier molecular flexibility index (Phi) is 5.96. The van der Waals surface area contributed by atoms with Crippen LogP contribution in [0.25, 0.3) is 0 Å². The summed E-state index contributed by atoms with van der Waals surface area (Å²) in [7, 11) is 0. The number of hydrogen-bond donors (Lipinski definition) is 2. The van der Waals surface area contributed by atoms with Gasteiger partial charge in [0.05, 0.1) is 0 Å². The highest BCUT2D eigenvalue weighted by Gasteiger charge is 2.06. The lowest BCUT2D eigenvalue weighted by Gasteiger charge is -2.08. The predicted octanol–water partition coefficient (Wildman–Crippen LogP) is 3.76. The molecule has 0 bridgehead atoms. The molecule has 21 heavy (non-hydrogen) atoms. The van der Waals surface area contributed by atoms with Crippen molar-refractivity contribution in [1.82, 2.24) is 0 Å². The zero-order chi connectivity index (χ0) is 15.1. The normalized spacial score (nSPS) is 10.4. The van der Waals surface area contributed by atoms with E-state index in [1.807, 2.05) is 48.5 Å². The zero-order valence-corrected chi connectivity index (χ0v) is 13.3. The third-order valence-electron chi connectivity index (χ3n) is 3.18. The molecule has 0 aliphatic heterocycles. The van der Waals surface area contributed by atoms with E-state index in [1.165, 1.54) is 0 Å². The number of aliphatic hydroxyl groups excluding tert-OH is 1. The molecule has 3 nitrogen and oxygen atoms in total. The Morgan fingerprint density at radius 3 is 2.52 bits per heavy atom. The average Bonchev–Trinajstić information content (AvgIpc) is 2.53. The van der Waals surface area contributed by atoms with Gasteiger partial charge in [-0.05, 0) is 48.2 Å². The number of alkyl halides is 1. The largest absolute Gasteiger partial charge is 0.396 e. The van der Waals surface area contributed by atoms with Gasteiger partial charge in [0.1, 0.15) is 0 Å². The van der Waals surface area contributed by atoms with E-state index >= 15 is 0 Å². The molecule has 0 fully saturated rings. The third-order valence-corrected chi connectivity index (χ3v) is 3.83. The van der Waals surface area contributed by atoms with Crippen LogP contribution in [0.2, 0.25) is 0 Å². The van der Waals surface area contributed by atoms with Crippen LogP contribution in [0.3, 0.4) is 0 Å². The van der Waals surface area contributed by atoms with Crippen LogP contribution in [0, 0.1) is 0 Å². The van der Waals surface area contributed by atoms with Gasteiger partial charge in [0, 0.05) is 23.2 Å². The number of aryl methyl sites for hydroxylation is 1. The second-order valence-corrected chi connectivity index (χ2v) is 5.37. The highest BCUT2D eigenvalue weighted by atomic mass is 79.9. The van der Waals surface area contributed by atoms with Gasteiger partial charge >= 0.3 is 0 Å². The maximum Gasteiger partial charge on any atom is 0.255 e. The number of anilines is 1. The fraction of sp³-hybridized carbons (Fsp3) is 0.235. The van der Waals surface area contributed by atoms with Crippen molar-refractivity contribution >= 4 is 27.5 Å². The minimum atomic E-state index is -0.115. The van der Waals surface area contributed by atoms with Crippen LogP contribution < -0.4 is 5.32 Å². The van der Waals surface area contributed by atoms with Crippen molar-refractivity contribution in [1.29, 1.82) is 0 Å². The van der Waals surface area contributed by atoms with E-state index in [1.54, 1.807) is 0 Å². The van der Waals surface area contributed by atoms with Gasteiger partial charge in [0.25, 0.3) is 5.91 Å². The molecule has 2 N–H and O–H groups in total. The van der Waals surface area contributed by atoms with E-state index < -0.39 is 0 Å². The molecule has 0 saturated heterocycles. The third kappa shape index (κ3) is 4.69.